The summed E-state index contributed by atoms with van der Waals surface area (Å²) < 4.78 is 5.45. The van der Waals surface area contributed by atoms with Crippen molar-refractivity contribution in [3.05, 3.63) is 16.1 Å². The van der Waals surface area contributed by atoms with Crippen molar-refractivity contribution in [3.8, 4) is 0 Å². The van der Waals surface area contributed by atoms with Gasteiger partial charge in [-0.1, -0.05) is 0 Å². The van der Waals surface area contributed by atoms with Gasteiger partial charge in [-0.2, -0.15) is 0 Å². The van der Waals surface area contributed by atoms with Crippen LogP contribution in [0.5, 0.6) is 0 Å². The minimum Gasteiger partial charge on any atom is -0.371 e. The maximum atomic E-state index is 10.4. The highest BCUT2D eigenvalue weighted by Crippen LogP contribution is 2.45. The van der Waals surface area contributed by atoms with Crippen molar-refractivity contribution in [1.82, 2.24) is 4.98 Å². The maximum Gasteiger partial charge on any atom is 0.169 e. The third-order valence-electron chi connectivity index (χ3n) is 2.58. The summed E-state index contributed by atoms with van der Waals surface area (Å²) in [5.74, 6) is 0. The van der Waals surface area contributed by atoms with Crippen LogP contribution in [0.2, 0.25) is 0 Å². The normalized spacial score (nSPS) is 19.5. The van der Waals surface area contributed by atoms with Crippen LogP contribution in [-0.4, -0.2) is 18.4 Å². The molecule has 1 aliphatic rings. The molecular formula is C9H11NO2S. The zero-order chi connectivity index (χ0) is 9.31. The van der Waals surface area contributed by atoms with E-state index in [2.05, 4.69) is 4.98 Å². The molecule has 0 saturated heterocycles. The van der Waals surface area contributed by atoms with E-state index in [1.54, 1.807) is 12.5 Å². The van der Waals surface area contributed by atoms with Crippen molar-refractivity contribution in [3.63, 3.8) is 0 Å². The molecule has 0 radical (unpaired) electrons. The molecule has 1 saturated carbocycles. The Morgan fingerprint density at radius 2 is 2.46 bits per heavy atom. The van der Waals surface area contributed by atoms with Gasteiger partial charge < -0.3 is 4.74 Å². The quantitative estimate of drug-likeness (QED) is 0.695. The van der Waals surface area contributed by atoms with Crippen molar-refractivity contribution in [2.75, 3.05) is 7.11 Å². The van der Waals surface area contributed by atoms with Crippen LogP contribution in [0, 0.1) is 0 Å². The van der Waals surface area contributed by atoms with Crippen LogP contribution in [0.4, 0.5) is 0 Å². The van der Waals surface area contributed by atoms with E-state index in [1.165, 1.54) is 17.8 Å². The second-order valence-corrected chi connectivity index (χ2v) is 4.11. The average molecular weight is 197 g/mol. The zero-order valence-corrected chi connectivity index (χ0v) is 8.26. The Morgan fingerprint density at radius 1 is 1.69 bits per heavy atom. The molecule has 0 bridgehead atoms. The fourth-order valence-corrected chi connectivity index (χ4v) is 2.55. The van der Waals surface area contributed by atoms with E-state index in [4.69, 9.17) is 4.74 Å². The molecule has 0 spiro atoms. The molecule has 1 fully saturated rings. The van der Waals surface area contributed by atoms with Crippen LogP contribution in [0.25, 0.3) is 0 Å². The lowest BCUT2D eigenvalue weighted by atomic mass is 9.80. The summed E-state index contributed by atoms with van der Waals surface area (Å²) >= 11 is 1.51. The molecule has 0 aromatic carbocycles. The van der Waals surface area contributed by atoms with Gasteiger partial charge in [0.05, 0.1) is 0 Å². The second kappa shape index (κ2) is 3.20. The number of carbonyl (C=O) groups is 1. The van der Waals surface area contributed by atoms with Crippen LogP contribution in [0.1, 0.15) is 34.8 Å². The number of rotatable bonds is 3. The molecule has 0 N–H and O–H groups in total. The highest BCUT2D eigenvalue weighted by atomic mass is 32.1. The fourth-order valence-electron chi connectivity index (χ4n) is 1.55. The topological polar surface area (TPSA) is 39.2 Å². The first-order chi connectivity index (χ1) is 6.30. The van der Waals surface area contributed by atoms with Gasteiger partial charge in [0.2, 0.25) is 0 Å². The molecule has 1 heterocycles. The maximum absolute atomic E-state index is 10.4. The highest BCUT2D eigenvalue weighted by molar-refractivity contribution is 7.10. The summed E-state index contributed by atoms with van der Waals surface area (Å²) in [7, 11) is 1.71. The Morgan fingerprint density at radius 3 is 2.85 bits per heavy atom. The van der Waals surface area contributed by atoms with Gasteiger partial charge in [0, 0.05) is 12.5 Å². The van der Waals surface area contributed by atoms with E-state index in [9.17, 15) is 4.79 Å². The molecule has 4 heteroatoms. The first-order valence-corrected chi connectivity index (χ1v) is 5.15. The van der Waals surface area contributed by atoms with Crippen molar-refractivity contribution in [2.45, 2.75) is 24.9 Å². The third kappa shape index (κ3) is 1.30. The molecule has 3 nitrogen and oxygen atoms in total. The Balaban J connectivity index is 2.27. The summed E-state index contributed by atoms with van der Waals surface area (Å²) in [6.07, 6.45) is 4.01. The standard InChI is InChI=1S/C9H11NO2S/c1-12-9(3-2-4-9)8-10-7(5-11)6-13-8/h5-6H,2-4H2,1H3. The van der Waals surface area contributed by atoms with E-state index in [1.807, 2.05) is 0 Å². The van der Waals surface area contributed by atoms with Crippen LogP contribution >= 0.6 is 11.3 Å². The average Bonchev–Trinajstić information content (AvgIpc) is 2.52. The van der Waals surface area contributed by atoms with Gasteiger partial charge in [-0.3, -0.25) is 4.79 Å². The number of ether oxygens (including phenoxy) is 1. The first-order valence-electron chi connectivity index (χ1n) is 4.27. The molecule has 1 aromatic rings. The van der Waals surface area contributed by atoms with Gasteiger partial charge in [-0.15, -0.1) is 11.3 Å². The summed E-state index contributed by atoms with van der Waals surface area (Å²) in [6.45, 7) is 0. The van der Waals surface area contributed by atoms with E-state index < -0.39 is 0 Å². The number of methoxy groups -OCH3 is 1. The number of nitrogens with zero attached hydrogens (tertiary/aromatic N) is 1. The molecule has 1 aliphatic carbocycles. The monoisotopic (exact) mass is 197 g/mol. The largest absolute Gasteiger partial charge is 0.371 e. The fraction of sp³-hybridized carbons (Fsp3) is 0.556. The van der Waals surface area contributed by atoms with Crippen molar-refractivity contribution in [2.24, 2.45) is 0 Å². The SMILES string of the molecule is COC1(c2nc(C=O)cs2)CCC1. The Labute approximate surface area is 80.8 Å². The van der Waals surface area contributed by atoms with Crippen LogP contribution in [-0.2, 0) is 10.3 Å². The van der Waals surface area contributed by atoms with Crippen LogP contribution in [0.15, 0.2) is 5.38 Å². The second-order valence-electron chi connectivity index (χ2n) is 3.25. The summed E-state index contributed by atoms with van der Waals surface area (Å²) in [5, 5.41) is 2.73. The predicted molar refractivity (Wildman–Crippen MR) is 50.0 cm³/mol. The lowest BCUT2D eigenvalue weighted by Crippen LogP contribution is -2.35. The number of hydrogen-bond donors (Lipinski definition) is 0. The van der Waals surface area contributed by atoms with Gasteiger partial charge in [-0.25, -0.2) is 4.98 Å². The third-order valence-corrected chi connectivity index (χ3v) is 3.63. The Hall–Kier alpha value is -0.740. The summed E-state index contributed by atoms with van der Waals surface area (Å²) in [4.78, 5) is 14.7. The molecule has 0 amide bonds. The van der Waals surface area contributed by atoms with Crippen molar-refractivity contribution >= 4 is 17.6 Å². The minimum atomic E-state index is -0.175. The van der Waals surface area contributed by atoms with E-state index in [-0.39, 0.29) is 5.60 Å². The number of hydrogen-bond acceptors (Lipinski definition) is 4. The lowest BCUT2D eigenvalue weighted by Gasteiger charge is -2.38. The highest BCUT2D eigenvalue weighted by Gasteiger charge is 2.41. The smallest absolute Gasteiger partial charge is 0.169 e. The number of thiazole rings is 1. The van der Waals surface area contributed by atoms with Crippen molar-refractivity contribution < 1.29 is 9.53 Å². The van der Waals surface area contributed by atoms with E-state index in [0.717, 1.165) is 24.1 Å². The van der Waals surface area contributed by atoms with Crippen LogP contribution in [0.3, 0.4) is 0 Å². The molecule has 13 heavy (non-hydrogen) atoms. The molecule has 70 valence electrons. The summed E-state index contributed by atoms with van der Waals surface area (Å²) in [6, 6.07) is 0. The molecule has 0 aliphatic heterocycles. The van der Waals surface area contributed by atoms with Gasteiger partial charge in [0.25, 0.3) is 0 Å². The predicted octanol–water partition coefficient (Wildman–Crippen LogP) is 1.98. The molecule has 0 atom stereocenters. The first kappa shape index (κ1) is 8.84. The van der Waals surface area contributed by atoms with Gasteiger partial charge in [0.1, 0.15) is 16.3 Å². The molecule has 1 aromatic heterocycles. The Bertz CT molecular complexity index is 312. The lowest BCUT2D eigenvalue weighted by molar-refractivity contribution is -0.0779. The summed E-state index contributed by atoms with van der Waals surface area (Å²) in [5.41, 5.74) is 0.342. The van der Waals surface area contributed by atoms with Gasteiger partial charge in [0.15, 0.2) is 6.29 Å². The van der Waals surface area contributed by atoms with Crippen LogP contribution < -0.4 is 0 Å². The molecule has 0 unspecified atom stereocenters. The molecular weight excluding hydrogens is 186 g/mol. The number of aldehydes is 1. The molecule has 2 rings (SSSR count). The Kier molecular flexibility index (Phi) is 2.17. The van der Waals surface area contributed by atoms with E-state index in [0.29, 0.717) is 5.69 Å². The zero-order valence-electron chi connectivity index (χ0n) is 7.45. The minimum absolute atomic E-state index is 0.175. The van der Waals surface area contributed by atoms with Crippen molar-refractivity contribution in [1.29, 1.82) is 0 Å². The number of carbonyl (C=O) groups excluding carboxylic acids is 1. The van der Waals surface area contributed by atoms with Gasteiger partial charge >= 0.3 is 0 Å². The number of aromatic nitrogens is 1. The van der Waals surface area contributed by atoms with E-state index >= 15 is 0 Å². The van der Waals surface area contributed by atoms with Gasteiger partial charge in [-0.05, 0) is 19.3 Å².